The first-order valence-corrected chi connectivity index (χ1v) is 9.05. The van der Waals surface area contributed by atoms with E-state index in [0.717, 1.165) is 19.5 Å². The number of hydrogen-bond donors (Lipinski definition) is 2. The lowest BCUT2D eigenvalue weighted by Gasteiger charge is -2.20. The van der Waals surface area contributed by atoms with Gasteiger partial charge in [-0.15, -0.1) is 0 Å². The van der Waals surface area contributed by atoms with E-state index in [2.05, 4.69) is 72.5 Å². The van der Waals surface area contributed by atoms with Crippen molar-refractivity contribution in [2.24, 2.45) is 11.8 Å². The third kappa shape index (κ3) is 3.26. The zero-order chi connectivity index (χ0) is 17.2. The van der Waals surface area contributed by atoms with Gasteiger partial charge in [0.2, 0.25) is 0 Å². The first-order chi connectivity index (χ1) is 12.2. The van der Waals surface area contributed by atoms with Gasteiger partial charge < -0.3 is 4.90 Å². The summed E-state index contributed by atoms with van der Waals surface area (Å²) in [4.78, 5) is 1.89. The molecule has 2 unspecified atom stereocenters. The Morgan fingerprint density at radius 3 is 2.56 bits per heavy atom. The second kappa shape index (κ2) is 6.87. The second-order valence-corrected chi connectivity index (χ2v) is 7.32. The standard InChI is InChI=1S/C21H24N4/c1-15-12-25(14-22)13-19(15)21-11-20(23-24-21)18-9-5-8-17(10-18)16-6-3-2-4-7-16/h2-10,15,19-21,23-24H,11-13H2,1H3/t15-,19-,20?,21?/m0/s1. The Morgan fingerprint density at radius 2 is 1.80 bits per heavy atom. The summed E-state index contributed by atoms with van der Waals surface area (Å²) in [6.45, 7) is 4.01. The molecule has 4 atom stereocenters. The highest BCUT2D eigenvalue weighted by atomic mass is 15.4. The Hall–Kier alpha value is -2.35. The zero-order valence-electron chi connectivity index (χ0n) is 14.5. The number of rotatable bonds is 3. The normalized spacial score (nSPS) is 28.9. The van der Waals surface area contributed by atoms with Crippen molar-refractivity contribution in [3.8, 4) is 17.3 Å². The van der Waals surface area contributed by atoms with Crippen LogP contribution in [0.25, 0.3) is 11.1 Å². The van der Waals surface area contributed by atoms with Crippen molar-refractivity contribution in [2.75, 3.05) is 13.1 Å². The monoisotopic (exact) mass is 332 g/mol. The predicted molar refractivity (Wildman–Crippen MR) is 99.1 cm³/mol. The third-order valence-electron chi connectivity index (χ3n) is 5.66. The summed E-state index contributed by atoms with van der Waals surface area (Å²) in [5, 5.41) is 9.15. The first-order valence-electron chi connectivity index (χ1n) is 9.05. The summed E-state index contributed by atoms with van der Waals surface area (Å²) in [5.41, 5.74) is 10.8. The van der Waals surface area contributed by atoms with Gasteiger partial charge >= 0.3 is 0 Å². The lowest BCUT2D eigenvalue weighted by molar-refractivity contribution is 0.330. The fourth-order valence-corrected chi connectivity index (χ4v) is 4.24. The molecular weight excluding hydrogens is 308 g/mol. The molecule has 0 spiro atoms. The molecule has 2 aromatic rings. The largest absolute Gasteiger partial charge is 0.310 e. The van der Waals surface area contributed by atoms with Crippen LogP contribution in [-0.2, 0) is 0 Å². The molecule has 2 fully saturated rings. The van der Waals surface area contributed by atoms with E-state index in [0.29, 0.717) is 23.9 Å². The minimum Gasteiger partial charge on any atom is -0.310 e. The maximum absolute atomic E-state index is 9.15. The van der Waals surface area contributed by atoms with Crippen molar-refractivity contribution < 1.29 is 0 Å². The van der Waals surface area contributed by atoms with E-state index >= 15 is 0 Å². The Kier molecular flexibility index (Phi) is 4.44. The van der Waals surface area contributed by atoms with Gasteiger partial charge in [0.15, 0.2) is 6.19 Å². The molecule has 2 aliphatic rings. The van der Waals surface area contributed by atoms with Crippen molar-refractivity contribution in [2.45, 2.75) is 25.4 Å². The molecule has 2 aliphatic heterocycles. The van der Waals surface area contributed by atoms with Crippen molar-refractivity contribution in [3.63, 3.8) is 0 Å². The summed E-state index contributed by atoms with van der Waals surface area (Å²) < 4.78 is 0. The molecule has 4 nitrogen and oxygen atoms in total. The highest BCUT2D eigenvalue weighted by molar-refractivity contribution is 5.64. The minimum absolute atomic E-state index is 0.317. The van der Waals surface area contributed by atoms with Gasteiger partial charge in [0.1, 0.15) is 0 Å². The number of likely N-dealkylation sites (tertiary alicyclic amines) is 1. The van der Waals surface area contributed by atoms with Gasteiger partial charge in [-0.3, -0.25) is 10.9 Å². The molecule has 0 aliphatic carbocycles. The molecule has 0 radical (unpaired) electrons. The molecule has 128 valence electrons. The van der Waals surface area contributed by atoms with Crippen LogP contribution in [0, 0.1) is 23.3 Å². The summed E-state index contributed by atoms with van der Waals surface area (Å²) in [5.74, 6) is 1.07. The van der Waals surface area contributed by atoms with Gasteiger partial charge in [-0.2, -0.15) is 5.26 Å². The topological polar surface area (TPSA) is 51.1 Å². The average molecular weight is 332 g/mol. The van der Waals surface area contributed by atoms with Crippen LogP contribution in [-0.4, -0.2) is 24.0 Å². The lowest BCUT2D eigenvalue weighted by Crippen LogP contribution is -2.38. The summed E-state index contributed by atoms with van der Waals surface area (Å²) >= 11 is 0. The number of benzene rings is 2. The lowest BCUT2D eigenvalue weighted by atomic mass is 9.87. The molecule has 2 aromatic carbocycles. The van der Waals surface area contributed by atoms with Crippen LogP contribution in [0.2, 0.25) is 0 Å². The van der Waals surface area contributed by atoms with E-state index in [-0.39, 0.29) is 0 Å². The molecule has 0 saturated carbocycles. The molecule has 4 heteroatoms. The van der Waals surface area contributed by atoms with E-state index in [1.165, 1.54) is 16.7 Å². The van der Waals surface area contributed by atoms with Gasteiger partial charge in [-0.1, -0.05) is 55.5 Å². The fourth-order valence-electron chi connectivity index (χ4n) is 4.24. The zero-order valence-corrected chi connectivity index (χ0v) is 14.5. The van der Waals surface area contributed by atoms with Crippen LogP contribution in [0.1, 0.15) is 24.9 Å². The Morgan fingerprint density at radius 1 is 1.00 bits per heavy atom. The van der Waals surface area contributed by atoms with Crippen LogP contribution >= 0.6 is 0 Å². The molecule has 0 aromatic heterocycles. The quantitative estimate of drug-likeness (QED) is 0.847. The first kappa shape index (κ1) is 16.1. The molecule has 0 amide bonds. The number of hydrogen-bond acceptors (Lipinski definition) is 4. The van der Waals surface area contributed by atoms with E-state index in [4.69, 9.17) is 5.26 Å². The molecule has 2 heterocycles. The maximum Gasteiger partial charge on any atom is 0.179 e. The van der Waals surface area contributed by atoms with Gasteiger partial charge in [-0.25, -0.2) is 0 Å². The molecule has 25 heavy (non-hydrogen) atoms. The Labute approximate surface area is 149 Å². The fraction of sp³-hybridized carbons (Fsp3) is 0.381. The van der Waals surface area contributed by atoms with Crippen molar-refractivity contribution >= 4 is 0 Å². The summed E-state index contributed by atoms with van der Waals surface area (Å²) in [6, 6.07) is 20.0. The van der Waals surface area contributed by atoms with E-state index < -0.39 is 0 Å². The highest BCUT2D eigenvalue weighted by Gasteiger charge is 2.39. The maximum atomic E-state index is 9.15. The number of nitriles is 1. The van der Waals surface area contributed by atoms with Crippen LogP contribution in [0.15, 0.2) is 54.6 Å². The van der Waals surface area contributed by atoms with Gasteiger partial charge in [-0.05, 0) is 41.0 Å². The van der Waals surface area contributed by atoms with Gasteiger partial charge in [0.25, 0.3) is 0 Å². The summed E-state index contributed by atoms with van der Waals surface area (Å²) in [6.07, 6.45) is 3.36. The summed E-state index contributed by atoms with van der Waals surface area (Å²) in [7, 11) is 0. The third-order valence-corrected chi connectivity index (χ3v) is 5.66. The van der Waals surface area contributed by atoms with Crippen LogP contribution in [0.5, 0.6) is 0 Å². The highest BCUT2D eigenvalue weighted by Crippen LogP contribution is 2.34. The molecule has 2 saturated heterocycles. The molecule has 0 bridgehead atoms. The van der Waals surface area contributed by atoms with Crippen molar-refractivity contribution in [3.05, 3.63) is 60.2 Å². The van der Waals surface area contributed by atoms with Gasteiger partial charge in [0.05, 0.1) is 0 Å². The number of nitrogens with one attached hydrogen (secondary N) is 2. The second-order valence-electron chi connectivity index (χ2n) is 7.32. The van der Waals surface area contributed by atoms with Crippen molar-refractivity contribution in [1.82, 2.24) is 15.8 Å². The Balaban J connectivity index is 1.48. The smallest absolute Gasteiger partial charge is 0.179 e. The van der Waals surface area contributed by atoms with E-state index in [1.54, 1.807) is 0 Å². The minimum atomic E-state index is 0.317. The molecule has 2 N–H and O–H groups in total. The Bertz CT molecular complexity index is 767. The van der Waals surface area contributed by atoms with Crippen LogP contribution in [0.3, 0.4) is 0 Å². The molecular formula is C21H24N4. The number of nitrogens with zero attached hydrogens (tertiary/aromatic N) is 2. The average Bonchev–Trinajstić information content (AvgIpc) is 3.29. The number of hydrazine groups is 1. The van der Waals surface area contributed by atoms with E-state index in [1.807, 2.05) is 11.0 Å². The molecule has 4 rings (SSSR count). The van der Waals surface area contributed by atoms with Crippen molar-refractivity contribution in [1.29, 1.82) is 5.26 Å². The SMILES string of the molecule is C[C@H]1CN(C#N)C[C@@H]1C1CC(c2cccc(-c3ccccc3)c2)NN1. The van der Waals surface area contributed by atoms with E-state index in [9.17, 15) is 0 Å². The van der Waals surface area contributed by atoms with Gasteiger partial charge in [0, 0.05) is 25.2 Å². The van der Waals surface area contributed by atoms with Crippen LogP contribution in [0.4, 0.5) is 0 Å². The predicted octanol–water partition coefficient (Wildman–Crippen LogP) is 3.31. The van der Waals surface area contributed by atoms with Crippen LogP contribution < -0.4 is 10.9 Å².